The van der Waals surface area contributed by atoms with E-state index in [0.29, 0.717) is 23.4 Å². The van der Waals surface area contributed by atoms with Crippen molar-refractivity contribution in [1.29, 1.82) is 0 Å². The lowest BCUT2D eigenvalue weighted by Gasteiger charge is -2.28. The Morgan fingerprint density at radius 1 is 1.17 bits per heavy atom. The summed E-state index contributed by atoms with van der Waals surface area (Å²) in [5.74, 6) is 0.0607. The van der Waals surface area contributed by atoms with E-state index < -0.39 is 0 Å². The van der Waals surface area contributed by atoms with Gasteiger partial charge in [0, 0.05) is 12.6 Å². The number of benzene rings is 1. The molecule has 23 heavy (non-hydrogen) atoms. The molecule has 1 amide bonds. The van der Waals surface area contributed by atoms with Gasteiger partial charge in [0.25, 0.3) is 5.91 Å². The van der Waals surface area contributed by atoms with Crippen LogP contribution in [0.15, 0.2) is 45.5 Å². The number of furan rings is 1. The molecule has 1 aliphatic rings. The van der Waals surface area contributed by atoms with Gasteiger partial charge in [-0.3, -0.25) is 4.79 Å². The monoisotopic (exact) mass is 379 g/mol. The van der Waals surface area contributed by atoms with Crippen LogP contribution in [0.4, 0.5) is 4.39 Å². The Bertz CT molecular complexity index is 662. The minimum Gasteiger partial charge on any atom is -0.444 e. The van der Waals surface area contributed by atoms with Crippen molar-refractivity contribution in [2.45, 2.75) is 38.1 Å². The fraction of sp³-hybridized carbons (Fsp3) is 0.389. The van der Waals surface area contributed by atoms with Gasteiger partial charge >= 0.3 is 0 Å². The highest BCUT2D eigenvalue weighted by Crippen LogP contribution is 2.26. The second-order valence-corrected chi connectivity index (χ2v) is 6.70. The first-order valence-corrected chi connectivity index (χ1v) is 8.73. The molecule has 1 aliphatic carbocycles. The molecule has 0 saturated heterocycles. The van der Waals surface area contributed by atoms with Crippen LogP contribution >= 0.6 is 15.9 Å². The van der Waals surface area contributed by atoms with E-state index in [0.717, 1.165) is 31.2 Å². The minimum atomic E-state index is -0.238. The Labute approximate surface area is 143 Å². The van der Waals surface area contributed by atoms with Crippen LogP contribution in [0.5, 0.6) is 0 Å². The molecule has 1 heterocycles. The third-order valence-corrected chi connectivity index (χ3v) is 4.79. The Morgan fingerprint density at radius 2 is 1.87 bits per heavy atom. The fourth-order valence-electron chi connectivity index (χ4n) is 3.14. The summed E-state index contributed by atoms with van der Waals surface area (Å²) in [7, 11) is 0. The van der Waals surface area contributed by atoms with Crippen molar-refractivity contribution in [2.75, 3.05) is 6.54 Å². The SMILES string of the molecule is O=C(c1ccc(Br)o1)N(CCc1ccc(F)cc1)C1CCCC1. The van der Waals surface area contributed by atoms with E-state index in [2.05, 4.69) is 15.9 Å². The summed E-state index contributed by atoms with van der Waals surface area (Å²) in [4.78, 5) is 14.7. The van der Waals surface area contributed by atoms with Gasteiger partial charge in [0.2, 0.25) is 0 Å². The molecule has 1 saturated carbocycles. The van der Waals surface area contributed by atoms with Gasteiger partial charge in [0.1, 0.15) is 5.82 Å². The van der Waals surface area contributed by atoms with Crippen LogP contribution < -0.4 is 0 Å². The normalized spacial score (nSPS) is 15.0. The van der Waals surface area contributed by atoms with Crippen molar-refractivity contribution >= 4 is 21.8 Å². The molecule has 2 aromatic rings. The zero-order valence-electron chi connectivity index (χ0n) is 12.8. The molecule has 1 aromatic carbocycles. The van der Waals surface area contributed by atoms with Gasteiger partial charge in [0.15, 0.2) is 10.4 Å². The standard InChI is InChI=1S/C18H19BrFNO2/c19-17-10-9-16(23-17)18(22)21(15-3-1-2-4-15)12-11-13-5-7-14(20)8-6-13/h5-10,15H,1-4,11-12H2. The molecular formula is C18H19BrFNO2. The van der Waals surface area contributed by atoms with Crippen LogP contribution in [-0.2, 0) is 6.42 Å². The Hall–Kier alpha value is -1.62. The van der Waals surface area contributed by atoms with Gasteiger partial charge in [0.05, 0.1) is 0 Å². The lowest BCUT2D eigenvalue weighted by atomic mass is 10.1. The maximum Gasteiger partial charge on any atom is 0.289 e. The first-order chi connectivity index (χ1) is 11.1. The lowest BCUT2D eigenvalue weighted by Crippen LogP contribution is -2.40. The first kappa shape index (κ1) is 16.2. The van der Waals surface area contributed by atoms with E-state index in [1.54, 1.807) is 24.3 Å². The summed E-state index contributed by atoms with van der Waals surface area (Å²) in [5.41, 5.74) is 1.03. The number of carbonyl (C=O) groups is 1. The van der Waals surface area contributed by atoms with Crippen molar-refractivity contribution in [3.63, 3.8) is 0 Å². The van der Waals surface area contributed by atoms with Gasteiger partial charge in [-0.25, -0.2) is 4.39 Å². The number of halogens is 2. The van der Waals surface area contributed by atoms with E-state index in [4.69, 9.17) is 4.42 Å². The van der Waals surface area contributed by atoms with E-state index in [1.807, 2.05) is 4.90 Å². The largest absolute Gasteiger partial charge is 0.444 e. The Morgan fingerprint density at radius 3 is 2.48 bits per heavy atom. The molecular weight excluding hydrogens is 361 g/mol. The van der Waals surface area contributed by atoms with Crippen LogP contribution in [0.1, 0.15) is 41.8 Å². The Balaban J connectivity index is 1.72. The lowest BCUT2D eigenvalue weighted by molar-refractivity contribution is 0.0650. The number of carbonyl (C=O) groups excluding carboxylic acids is 1. The molecule has 0 N–H and O–H groups in total. The highest BCUT2D eigenvalue weighted by molar-refractivity contribution is 9.10. The van der Waals surface area contributed by atoms with Gasteiger partial charge in [-0.2, -0.15) is 0 Å². The van der Waals surface area contributed by atoms with E-state index in [-0.39, 0.29) is 17.8 Å². The average molecular weight is 380 g/mol. The smallest absolute Gasteiger partial charge is 0.289 e. The summed E-state index contributed by atoms with van der Waals surface area (Å²) in [6.45, 7) is 0.619. The Kier molecular flexibility index (Phi) is 5.16. The zero-order chi connectivity index (χ0) is 16.2. The summed E-state index contributed by atoms with van der Waals surface area (Å²) in [6.07, 6.45) is 5.11. The molecule has 1 fully saturated rings. The molecule has 0 radical (unpaired) electrons. The van der Waals surface area contributed by atoms with Crippen LogP contribution in [0.25, 0.3) is 0 Å². The number of hydrogen-bond acceptors (Lipinski definition) is 2. The second kappa shape index (κ2) is 7.30. The maximum absolute atomic E-state index is 13.0. The van der Waals surface area contributed by atoms with Crippen LogP contribution in [0.3, 0.4) is 0 Å². The van der Waals surface area contributed by atoms with Gasteiger partial charge in [-0.15, -0.1) is 0 Å². The maximum atomic E-state index is 13.0. The van der Waals surface area contributed by atoms with Gasteiger partial charge in [-0.1, -0.05) is 25.0 Å². The van der Waals surface area contributed by atoms with Crippen LogP contribution in [0, 0.1) is 5.82 Å². The van der Waals surface area contributed by atoms with Crippen molar-refractivity contribution in [3.8, 4) is 0 Å². The van der Waals surface area contributed by atoms with E-state index in [9.17, 15) is 9.18 Å². The summed E-state index contributed by atoms with van der Waals surface area (Å²) >= 11 is 3.24. The van der Waals surface area contributed by atoms with Crippen molar-refractivity contribution in [3.05, 3.63) is 58.2 Å². The van der Waals surface area contributed by atoms with Crippen molar-refractivity contribution < 1.29 is 13.6 Å². The number of amides is 1. The topological polar surface area (TPSA) is 33.5 Å². The summed E-state index contributed by atoms with van der Waals surface area (Å²) in [5, 5.41) is 0. The number of nitrogens with zero attached hydrogens (tertiary/aromatic N) is 1. The molecule has 5 heteroatoms. The first-order valence-electron chi connectivity index (χ1n) is 7.94. The highest BCUT2D eigenvalue weighted by atomic mass is 79.9. The van der Waals surface area contributed by atoms with Crippen molar-refractivity contribution in [2.24, 2.45) is 0 Å². The fourth-order valence-corrected chi connectivity index (χ4v) is 3.44. The second-order valence-electron chi connectivity index (χ2n) is 5.92. The number of rotatable bonds is 5. The molecule has 0 unspecified atom stereocenters. The average Bonchev–Trinajstić information content (AvgIpc) is 3.21. The molecule has 122 valence electrons. The predicted octanol–water partition coefficient (Wildman–Crippen LogP) is 4.81. The van der Waals surface area contributed by atoms with E-state index >= 15 is 0 Å². The minimum absolute atomic E-state index is 0.0651. The van der Waals surface area contributed by atoms with Crippen molar-refractivity contribution in [1.82, 2.24) is 4.90 Å². The molecule has 0 spiro atoms. The predicted molar refractivity (Wildman–Crippen MR) is 89.8 cm³/mol. The summed E-state index contributed by atoms with van der Waals surface area (Å²) < 4.78 is 19.0. The summed E-state index contributed by atoms with van der Waals surface area (Å²) in [6, 6.07) is 10.2. The third-order valence-electron chi connectivity index (χ3n) is 4.36. The molecule has 0 bridgehead atoms. The highest BCUT2D eigenvalue weighted by Gasteiger charge is 2.28. The van der Waals surface area contributed by atoms with Gasteiger partial charge in [-0.05, 0) is 65.0 Å². The molecule has 1 aromatic heterocycles. The van der Waals surface area contributed by atoms with Gasteiger partial charge < -0.3 is 9.32 Å². The quantitative estimate of drug-likeness (QED) is 0.746. The molecule has 0 atom stereocenters. The third kappa shape index (κ3) is 4.02. The van der Waals surface area contributed by atoms with Crippen LogP contribution in [0.2, 0.25) is 0 Å². The van der Waals surface area contributed by atoms with E-state index in [1.165, 1.54) is 12.1 Å². The van der Waals surface area contributed by atoms with Crippen LogP contribution in [-0.4, -0.2) is 23.4 Å². The molecule has 3 nitrogen and oxygen atoms in total. The molecule has 3 rings (SSSR count). The number of hydrogen-bond donors (Lipinski definition) is 0. The zero-order valence-corrected chi connectivity index (χ0v) is 14.4. The molecule has 0 aliphatic heterocycles.